The predicted octanol–water partition coefficient (Wildman–Crippen LogP) is 3.37. The molecule has 0 radical (unpaired) electrons. The van der Waals surface area contributed by atoms with Gasteiger partial charge in [0, 0.05) is 30.8 Å². The molecular weight excluding hydrogens is 358 g/mol. The van der Waals surface area contributed by atoms with Crippen LogP contribution in [-0.4, -0.2) is 44.2 Å². The number of carbonyl (C=O) groups is 1. The summed E-state index contributed by atoms with van der Waals surface area (Å²) in [5, 5.41) is 7.83. The summed E-state index contributed by atoms with van der Waals surface area (Å²) in [7, 11) is 0. The number of amides is 1. The average molecular weight is 381 g/mol. The molecule has 0 aliphatic carbocycles. The largest absolute Gasteiger partial charge is 0.361 e. The van der Waals surface area contributed by atoms with Crippen LogP contribution < -0.4 is 0 Å². The standard InChI is InChI=1S/C20H23N5O3/c1-11-9-18(28-23-11)20(26)25-7-5-15(6-8-25)16-10-17(22-14(4)21-16)19-12(2)24-27-13(19)3/h9-10,15H,5-8H2,1-4H3. The highest BCUT2D eigenvalue weighted by molar-refractivity contribution is 5.91. The molecule has 3 aromatic rings. The molecule has 0 atom stereocenters. The zero-order chi connectivity index (χ0) is 19.8. The fourth-order valence-corrected chi connectivity index (χ4v) is 3.78. The Morgan fingerprint density at radius 1 is 1.04 bits per heavy atom. The third kappa shape index (κ3) is 3.42. The lowest BCUT2D eigenvalue weighted by Crippen LogP contribution is -2.38. The maximum atomic E-state index is 12.5. The van der Waals surface area contributed by atoms with Crippen LogP contribution in [0.15, 0.2) is 21.2 Å². The van der Waals surface area contributed by atoms with Crippen molar-refractivity contribution in [3.8, 4) is 11.3 Å². The molecular formula is C20H23N5O3. The van der Waals surface area contributed by atoms with Crippen molar-refractivity contribution in [2.75, 3.05) is 13.1 Å². The molecule has 0 N–H and O–H groups in total. The van der Waals surface area contributed by atoms with Gasteiger partial charge in [0.2, 0.25) is 5.76 Å². The smallest absolute Gasteiger partial charge is 0.292 e. The summed E-state index contributed by atoms with van der Waals surface area (Å²) in [6.45, 7) is 8.83. The zero-order valence-electron chi connectivity index (χ0n) is 16.5. The van der Waals surface area contributed by atoms with E-state index in [0.717, 1.165) is 47.1 Å². The van der Waals surface area contributed by atoms with E-state index in [4.69, 9.17) is 9.05 Å². The number of hydrogen-bond acceptors (Lipinski definition) is 7. The van der Waals surface area contributed by atoms with Gasteiger partial charge in [-0.1, -0.05) is 10.3 Å². The highest BCUT2D eigenvalue weighted by atomic mass is 16.5. The van der Waals surface area contributed by atoms with E-state index in [1.807, 2.05) is 31.7 Å². The molecule has 1 aliphatic rings. The van der Waals surface area contributed by atoms with Crippen molar-refractivity contribution in [2.24, 2.45) is 0 Å². The van der Waals surface area contributed by atoms with Crippen molar-refractivity contribution in [1.82, 2.24) is 25.2 Å². The van der Waals surface area contributed by atoms with Gasteiger partial charge in [0.15, 0.2) is 0 Å². The minimum Gasteiger partial charge on any atom is -0.361 e. The van der Waals surface area contributed by atoms with Crippen LogP contribution in [0.3, 0.4) is 0 Å². The quantitative estimate of drug-likeness (QED) is 0.686. The number of hydrogen-bond donors (Lipinski definition) is 0. The van der Waals surface area contributed by atoms with Crippen molar-refractivity contribution in [3.05, 3.63) is 46.6 Å². The summed E-state index contributed by atoms with van der Waals surface area (Å²) >= 11 is 0. The van der Waals surface area contributed by atoms with Gasteiger partial charge in [0.1, 0.15) is 11.6 Å². The molecule has 1 fully saturated rings. The minimum atomic E-state index is -0.102. The van der Waals surface area contributed by atoms with Gasteiger partial charge in [0.05, 0.1) is 22.6 Å². The number of likely N-dealkylation sites (tertiary alicyclic amines) is 1. The number of nitrogens with zero attached hydrogens (tertiary/aromatic N) is 5. The topological polar surface area (TPSA) is 98.2 Å². The first kappa shape index (κ1) is 18.3. The monoisotopic (exact) mass is 381 g/mol. The van der Waals surface area contributed by atoms with Gasteiger partial charge in [-0.25, -0.2) is 9.97 Å². The van der Waals surface area contributed by atoms with Gasteiger partial charge in [0.25, 0.3) is 5.91 Å². The van der Waals surface area contributed by atoms with E-state index in [0.29, 0.717) is 24.5 Å². The van der Waals surface area contributed by atoms with E-state index >= 15 is 0 Å². The summed E-state index contributed by atoms with van der Waals surface area (Å²) in [5.74, 6) is 1.96. The van der Waals surface area contributed by atoms with Crippen LogP contribution in [0.25, 0.3) is 11.3 Å². The van der Waals surface area contributed by atoms with Crippen molar-refractivity contribution in [2.45, 2.75) is 46.5 Å². The number of rotatable bonds is 3. The molecule has 3 aromatic heterocycles. The molecule has 0 spiro atoms. The van der Waals surface area contributed by atoms with Crippen LogP contribution in [0, 0.1) is 27.7 Å². The molecule has 28 heavy (non-hydrogen) atoms. The molecule has 4 rings (SSSR count). The second kappa shape index (κ2) is 7.18. The van der Waals surface area contributed by atoms with Crippen LogP contribution in [0.1, 0.15) is 58.0 Å². The average Bonchev–Trinajstić information content (AvgIpc) is 3.26. The van der Waals surface area contributed by atoms with Crippen molar-refractivity contribution in [3.63, 3.8) is 0 Å². The number of carbonyl (C=O) groups excluding carboxylic acids is 1. The molecule has 0 unspecified atom stereocenters. The van der Waals surface area contributed by atoms with E-state index in [9.17, 15) is 4.79 Å². The Morgan fingerprint density at radius 2 is 1.79 bits per heavy atom. The number of aryl methyl sites for hydroxylation is 4. The molecule has 8 heteroatoms. The predicted molar refractivity (Wildman–Crippen MR) is 101 cm³/mol. The van der Waals surface area contributed by atoms with Crippen LogP contribution in [0.5, 0.6) is 0 Å². The van der Waals surface area contributed by atoms with Crippen molar-refractivity contribution >= 4 is 5.91 Å². The maximum absolute atomic E-state index is 12.5. The van der Waals surface area contributed by atoms with E-state index in [1.54, 1.807) is 13.0 Å². The van der Waals surface area contributed by atoms with Crippen molar-refractivity contribution < 1.29 is 13.8 Å². The van der Waals surface area contributed by atoms with Crippen LogP contribution in [-0.2, 0) is 0 Å². The lowest BCUT2D eigenvalue weighted by Gasteiger charge is -2.31. The summed E-state index contributed by atoms with van der Waals surface area (Å²) in [6.07, 6.45) is 1.69. The van der Waals surface area contributed by atoms with E-state index < -0.39 is 0 Å². The Hall–Kier alpha value is -3.03. The second-order valence-electron chi connectivity index (χ2n) is 7.32. The maximum Gasteiger partial charge on any atom is 0.292 e. The molecule has 8 nitrogen and oxygen atoms in total. The normalized spacial score (nSPS) is 15.2. The third-order valence-corrected chi connectivity index (χ3v) is 5.19. The fraction of sp³-hybridized carbons (Fsp3) is 0.450. The molecule has 4 heterocycles. The molecule has 146 valence electrons. The molecule has 1 saturated heterocycles. The van der Waals surface area contributed by atoms with E-state index in [1.165, 1.54) is 0 Å². The van der Waals surface area contributed by atoms with Crippen LogP contribution in [0.4, 0.5) is 0 Å². The van der Waals surface area contributed by atoms with Gasteiger partial charge < -0.3 is 13.9 Å². The van der Waals surface area contributed by atoms with Gasteiger partial charge in [-0.15, -0.1) is 0 Å². The van der Waals surface area contributed by atoms with E-state index in [-0.39, 0.29) is 11.8 Å². The Morgan fingerprint density at radius 3 is 2.39 bits per heavy atom. The fourth-order valence-electron chi connectivity index (χ4n) is 3.78. The Labute approximate surface area is 162 Å². The molecule has 0 saturated carbocycles. The molecule has 1 aliphatic heterocycles. The third-order valence-electron chi connectivity index (χ3n) is 5.19. The summed E-state index contributed by atoms with van der Waals surface area (Å²) in [6, 6.07) is 3.71. The van der Waals surface area contributed by atoms with Gasteiger partial charge in [-0.3, -0.25) is 4.79 Å². The van der Waals surface area contributed by atoms with Gasteiger partial charge in [-0.05, 0) is 46.6 Å². The highest BCUT2D eigenvalue weighted by Crippen LogP contribution is 2.31. The van der Waals surface area contributed by atoms with Gasteiger partial charge in [-0.2, -0.15) is 0 Å². The summed E-state index contributed by atoms with van der Waals surface area (Å²) in [5.41, 5.74) is 4.31. The first-order chi connectivity index (χ1) is 13.4. The Kier molecular flexibility index (Phi) is 4.70. The van der Waals surface area contributed by atoms with Crippen LogP contribution >= 0.6 is 0 Å². The zero-order valence-corrected chi connectivity index (χ0v) is 16.5. The summed E-state index contributed by atoms with van der Waals surface area (Å²) < 4.78 is 10.4. The number of piperidine rings is 1. The first-order valence-corrected chi connectivity index (χ1v) is 9.44. The lowest BCUT2D eigenvalue weighted by molar-refractivity contribution is 0.0670. The molecule has 1 amide bonds. The van der Waals surface area contributed by atoms with E-state index in [2.05, 4.69) is 20.3 Å². The lowest BCUT2D eigenvalue weighted by atomic mass is 9.92. The highest BCUT2D eigenvalue weighted by Gasteiger charge is 2.28. The summed E-state index contributed by atoms with van der Waals surface area (Å²) in [4.78, 5) is 23.6. The molecule has 0 bridgehead atoms. The van der Waals surface area contributed by atoms with Crippen molar-refractivity contribution in [1.29, 1.82) is 0 Å². The van der Waals surface area contributed by atoms with Gasteiger partial charge >= 0.3 is 0 Å². The SMILES string of the molecule is Cc1cc(C(=O)N2CCC(c3cc(-c4c(C)noc4C)nc(C)n3)CC2)on1. The minimum absolute atomic E-state index is 0.102. The first-order valence-electron chi connectivity index (χ1n) is 9.44. The Balaban J connectivity index is 1.51. The Bertz CT molecular complexity index is 995. The second-order valence-corrected chi connectivity index (χ2v) is 7.32. The van der Waals surface area contributed by atoms with Crippen LogP contribution in [0.2, 0.25) is 0 Å². The number of aromatic nitrogens is 4. The molecule has 0 aromatic carbocycles.